The van der Waals surface area contributed by atoms with Crippen molar-refractivity contribution in [1.29, 1.82) is 0 Å². The molecule has 0 aromatic carbocycles. The van der Waals surface area contributed by atoms with Crippen LogP contribution in [0.15, 0.2) is 24.0 Å². The quantitative estimate of drug-likeness (QED) is 0.356. The van der Waals surface area contributed by atoms with Crippen LogP contribution in [0.5, 0.6) is 0 Å². The zero-order chi connectivity index (χ0) is 14.6. The third kappa shape index (κ3) is 3.54. The molecule has 0 saturated heterocycles. The molecule has 5 atom stereocenters. The van der Waals surface area contributed by atoms with Crippen molar-refractivity contribution in [2.24, 2.45) is 5.73 Å². The molecule has 1 aliphatic rings. The fourth-order valence-corrected chi connectivity index (χ4v) is 1.89. The summed E-state index contributed by atoms with van der Waals surface area (Å²) in [7, 11) is 0. The Labute approximate surface area is 111 Å². The molecule has 5 unspecified atom stereocenters. The summed E-state index contributed by atoms with van der Waals surface area (Å²) in [5.74, 6) is 0.394. The van der Waals surface area contributed by atoms with Gasteiger partial charge in [0.25, 0.3) is 0 Å². The van der Waals surface area contributed by atoms with Gasteiger partial charge in [0.05, 0.1) is 18.7 Å². The van der Waals surface area contributed by atoms with Gasteiger partial charge in [0.2, 0.25) is 6.41 Å². The summed E-state index contributed by atoms with van der Waals surface area (Å²) in [6, 6.07) is -1.31. The number of nitrogens with two attached hydrogens (primary N) is 1. The van der Waals surface area contributed by atoms with Crippen molar-refractivity contribution in [3.63, 3.8) is 0 Å². The van der Waals surface area contributed by atoms with E-state index in [0.717, 1.165) is 0 Å². The molecule has 0 aliphatic carbocycles. The first-order valence-corrected chi connectivity index (χ1v) is 5.89. The highest BCUT2D eigenvalue weighted by atomic mass is 16.5. The van der Waals surface area contributed by atoms with Gasteiger partial charge in [0.1, 0.15) is 24.1 Å². The molecule has 0 bridgehead atoms. The molecule has 1 rings (SSSR count). The lowest BCUT2D eigenvalue weighted by atomic mass is 9.92. The molecular weight excluding hydrogens is 252 g/mol. The summed E-state index contributed by atoms with van der Waals surface area (Å²) in [6.45, 7) is 4.79. The van der Waals surface area contributed by atoms with Gasteiger partial charge in [-0.15, -0.1) is 0 Å². The van der Waals surface area contributed by atoms with Gasteiger partial charge in [0, 0.05) is 0 Å². The Bertz CT molecular complexity index is 371. The van der Waals surface area contributed by atoms with Crippen LogP contribution in [-0.2, 0) is 9.53 Å². The van der Waals surface area contributed by atoms with E-state index < -0.39 is 37.0 Å². The highest BCUT2D eigenvalue weighted by Crippen LogP contribution is 2.24. The molecule has 1 heterocycles. The summed E-state index contributed by atoms with van der Waals surface area (Å²) in [4.78, 5) is 10.6. The van der Waals surface area contributed by atoms with Crippen LogP contribution in [0.1, 0.15) is 6.92 Å². The van der Waals surface area contributed by atoms with Crippen LogP contribution in [0, 0.1) is 0 Å². The maximum atomic E-state index is 10.6. The van der Waals surface area contributed by atoms with Crippen LogP contribution in [0.4, 0.5) is 0 Å². The van der Waals surface area contributed by atoms with Gasteiger partial charge in [-0.1, -0.05) is 6.58 Å². The zero-order valence-electron chi connectivity index (χ0n) is 10.7. The average molecular weight is 272 g/mol. The predicted molar refractivity (Wildman–Crippen MR) is 67.8 cm³/mol. The van der Waals surface area contributed by atoms with E-state index in [9.17, 15) is 15.0 Å². The van der Waals surface area contributed by atoms with Crippen molar-refractivity contribution in [3.05, 3.63) is 24.0 Å². The highest BCUT2D eigenvalue weighted by Gasteiger charge is 2.40. The lowest BCUT2D eigenvalue weighted by molar-refractivity contribution is -0.118. The maximum absolute atomic E-state index is 10.6. The molecule has 0 spiro atoms. The minimum Gasteiger partial charge on any atom is -0.485 e. The number of hydrogen-bond acceptors (Lipinski definition) is 6. The first kappa shape index (κ1) is 15.6. The monoisotopic (exact) mass is 272 g/mol. The summed E-state index contributed by atoms with van der Waals surface area (Å²) < 4.78 is 5.51. The number of aliphatic hydroxyl groups excluding tert-OH is 3. The van der Waals surface area contributed by atoms with Crippen molar-refractivity contribution < 1.29 is 24.9 Å². The molecule has 7 heteroatoms. The van der Waals surface area contributed by atoms with Gasteiger partial charge in [-0.05, 0) is 18.6 Å². The van der Waals surface area contributed by atoms with E-state index in [1.807, 2.05) is 0 Å². The Kier molecular flexibility index (Phi) is 5.49. The third-order valence-electron chi connectivity index (χ3n) is 2.97. The van der Waals surface area contributed by atoms with E-state index in [0.29, 0.717) is 17.7 Å². The number of allylic oxidation sites excluding steroid dienone is 1. The summed E-state index contributed by atoms with van der Waals surface area (Å²) in [5.41, 5.74) is 6.50. The Morgan fingerprint density at radius 3 is 2.79 bits per heavy atom. The molecular formula is C12H20N2O5. The number of aliphatic hydroxyl groups is 3. The SMILES string of the molecule is C=C(C)C1=CC(N)C(NC=O)C(C(O)C(O)CO)O1. The molecule has 0 radical (unpaired) electrons. The van der Waals surface area contributed by atoms with Gasteiger partial charge < -0.3 is 31.1 Å². The fourth-order valence-electron chi connectivity index (χ4n) is 1.89. The molecule has 108 valence electrons. The van der Waals surface area contributed by atoms with Crippen LogP contribution in [0.2, 0.25) is 0 Å². The predicted octanol–water partition coefficient (Wildman–Crippen LogP) is -2.00. The fraction of sp³-hybridized carbons (Fsp3) is 0.583. The highest BCUT2D eigenvalue weighted by molar-refractivity contribution is 5.48. The summed E-state index contributed by atoms with van der Waals surface area (Å²) >= 11 is 0. The van der Waals surface area contributed by atoms with Crippen molar-refractivity contribution in [2.75, 3.05) is 6.61 Å². The second kappa shape index (κ2) is 6.67. The number of rotatable bonds is 6. The lowest BCUT2D eigenvalue weighted by Crippen LogP contribution is -2.60. The number of ether oxygens (including phenoxy) is 1. The average Bonchev–Trinajstić information content (AvgIpc) is 2.38. The van der Waals surface area contributed by atoms with E-state index in [1.54, 1.807) is 13.0 Å². The van der Waals surface area contributed by atoms with Crippen LogP contribution in [0.3, 0.4) is 0 Å². The van der Waals surface area contributed by atoms with Crippen LogP contribution < -0.4 is 11.1 Å². The van der Waals surface area contributed by atoms with Crippen LogP contribution >= 0.6 is 0 Å². The molecule has 1 amide bonds. The van der Waals surface area contributed by atoms with Crippen LogP contribution in [0.25, 0.3) is 0 Å². The standard InChI is InChI=1S/C12H20N2O5/c1-6(2)9-3-7(13)10(14-5-16)12(19-9)11(18)8(17)4-15/h3,5,7-8,10-12,15,17-18H,1,4,13H2,2H3,(H,14,16). The van der Waals surface area contributed by atoms with Gasteiger partial charge >= 0.3 is 0 Å². The Morgan fingerprint density at radius 2 is 2.32 bits per heavy atom. The minimum absolute atomic E-state index is 0.394. The van der Waals surface area contributed by atoms with Crippen molar-refractivity contribution in [1.82, 2.24) is 5.32 Å². The third-order valence-corrected chi connectivity index (χ3v) is 2.97. The van der Waals surface area contributed by atoms with E-state index >= 15 is 0 Å². The molecule has 7 nitrogen and oxygen atoms in total. The van der Waals surface area contributed by atoms with Crippen molar-refractivity contribution >= 4 is 6.41 Å². The van der Waals surface area contributed by atoms with E-state index in [-0.39, 0.29) is 0 Å². The molecule has 0 saturated carbocycles. The van der Waals surface area contributed by atoms with E-state index in [2.05, 4.69) is 11.9 Å². The van der Waals surface area contributed by atoms with Crippen molar-refractivity contribution in [3.8, 4) is 0 Å². The largest absolute Gasteiger partial charge is 0.485 e. The molecule has 0 fully saturated rings. The summed E-state index contributed by atoms with van der Waals surface area (Å²) in [5, 5.41) is 30.8. The first-order chi connectivity index (χ1) is 8.92. The molecule has 0 aromatic heterocycles. The van der Waals surface area contributed by atoms with E-state index in [1.165, 1.54) is 0 Å². The second-order valence-electron chi connectivity index (χ2n) is 4.52. The molecule has 6 N–H and O–H groups in total. The van der Waals surface area contributed by atoms with Gasteiger partial charge in [-0.2, -0.15) is 0 Å². The normalized spacial score (nSPS) is 29.7. The second-order valence-corrected chi connectivity index (χ2v) is 4.52. The zero-order valence-corrected chi connectivity index (χ0v) is 10.7. The topological polar surface area (TPSA) is 125 Å². The number of carbonyl (C=O) groups excluding carboxylic acids is 1. The molecule has 1 aliphatic heterocycles. The smallest absolute Gasteiger partial charge is 0.207 e. The summed E-state index contributed by atoms with van der Waals surface area (Å²) in [6.07, 6.45) is -1.73. The minimum atomic E-state index is -1.39. The number of amides is 1. The lowest BCUT2D eigenvalue weighted by Gasteiger charge is -2.39. The molecule has 0 aromatic rings. The van der Waals surface area contributed by atoms with Gasteiger partial charge in [-0.3, -0.25) is 4.79 Å². The number of nitrogens with one attached hydrogen (secondary N) is 1. The Balaban J connectivity index is 2.99. The molecule has 19 heavy (non-hydrogen) atoms. The maximum Gasteiger partial charge on any atom is 0.207 e. The number of carbonyl (C=O) groups is 1. The van der Waals surface area contributed by atoms with Crippen LogP contribution in [-0.4, -0.2) is 58.7 Å². The van der Waals surface area contributed by atoms with Gasteiger partial charge in [0.15, 0.2) is 0 Å². The van der Waals surface area contributed by atoms with E-state index in [4.69, 9.17) is 15.6 Å². The van der Waals surface area contributed by atoms with Crippen molar-refractivity contribution in [2.45, 2.75) is 37.3 Å². The Hall–Kier alpha value is -1.41. The Morgan fingerprint density at radius 1 is 1.68 bits per heavy atom. The van der Waals surface area contributed by atoms with Gasteiger partial charge in [-0.25, -0.2) is 0 Å². The number of hydrogen-bond donors (Lipinski definition) is 5. The first-order valence-electron chi connectivity index (χ1n) is 5.89.